The molecule has 0 fully saturated rings. The van der Waals surface area contributed by atoms with E-state index >= 15 is 0 Å². The van der Waals surface area contributed by atoms with Gasteiger partial charge in [0.05, 0.1) is 4.90 Å². The molecular formula is C19H22N4O3S. The van der Waals surface area contributed by atoms with Crippen molar-refractivity contribution in [3.05, 3.63) is 60.0 Å². The quantitative estimate of drug-likeness (QED) is 0.721. The minimum absolute atomic E-state index is 0.0841. The number of pyridine rings is 1. The molecular weight excluding hydrogens is 364 g/mol. The van der Waals surface area contributed by atoms with Crippen LogP contribution >= 0.6 is 0 Å². The number of hydrogen-bond acceptors (Lipinski definition) is 4. The molecule has 1 amide bonds. The standard InChI is InChI=1S/C19H22N4O3S/c1-13-8-9-23-12-16(21-17(23)10-13)18(24)20-14-6-5-7-15(11-14)27(25,26)22-19(2,3)4/h5-12,22H,1-4H3,(H,20,24). The van der Waals surface area contributed by atoms with Crippen LogP contribution in [0.25, 0.3) is 5.65 Å². The third-order valence-corrected chi connectivity index (χ3v) is 5.45. The van der Waals surface area contributed by atoms with Crippen LogP contribution in [0.3, 0.4) is 0 Å². The van der Waals surface area contributed by atoms with E-state index in [0.29, 0.717) is 11.3 Å². The number of carbonyl (C=O) groups is 1. The van der Waals surface area contributed by atoms with Crippen LogP contribution in [-0.4, -0.2) is 29.2 Å². The average molecular weight is 386 g/mol. The number of aryl methyl sites for hydroxylation is 1. The van der Waals surface area contributed by atoms with Gasteiger partial charge in [-0.2, -0.15) is 0 Å². The zero-order valence-corrected chi connectivity index (χ0v) is 16.5. The van der Waals surface area contributed by atoms with Crippen molar-refractivity contribution in [1.82, 2.24) is 14.1 Å². The molecule has 0 aliphatic rings. The van der Waals surface area contributed by atoms with E-state index in [1.54, 1.807) is 43.5 Å². The number of benzene rings is 1. The van der Waals surface area contributed by atoms with Crippen LogP contribution in [0.2, 0.25) is 0 Å². The van der Waals surface area contributed by atoms with Gasteiger partial charge in [0.25, 0.3) is 5.91 Å². The highest BCUT2D eigenvalue weighted by Crippen LogP contribution is 2.18. The van der Waals surface area contributed by atoms with Crippen LogP contribution in [0.1, 0.15) is 36.8 Å². The first-order valence-corrected chi connectivity index (χ1v) is 9.93. The minimum atomic E-state index is -3.69. The van der Waals surface area contributed by atoms with Gasteiger partial charge in [0.1, 0.15) is 11.3 Å². The van der Waals surface area contributed by atoms with E-state index in [4.69, 9.17) is 0 Å². The normalized spacial score (nSPS) is 12.3. The Morgan fingerprint density at radius 2 is 1.89 bits per heavy atom. The number of nitrogens with one attached hydrogen (secondary N) is 2. The largest absolute Gasteiger partial charge is 0.321 e. The van der Waals surface area contributed by atoms with E-state index in [1.807, 2.05) is 25.3 Å². The molecule has 2 aromatic heterocycles. The van der Waals surface area contributed by atoms with Crippen molar-refractivity contribution in [2.24, 2.45) is 0 Å². The molecule has 142 valence electrons. The first-order valence-electron chi connectivity index (χ1n) is 8.44. The monoisotopic (exact) mass is 386 g/mol. The molecule has 3 rings (SSSR count). The van der Waals surface area contributed by atoms with E-state index in [2.05, 4.69) is 15.0 Å². The zero-order valence-electron chi connectivity index (χ0n) is 15.6. The number of carbonyl (C=O) groups excluding carboxylic acids is 1. The van der Waals surface area contributed by atoms with Crippen LogP contribution in [0.5, 0.6) is 0 Å². The Kier molecular flexibility index (Phi) is 4.79. The van der Waals surface area contributed by atoms with Crippen LogP contribution in [0.4, 0.5) is 5.69 Å². The second-order valence-corrected chi connectivity index (χ2v) is 9.12. The molecule has 0 atom stereocenters. The zero-order chi connectivity index (χ0) is 19.8. The van der Waals surface area contributed by atoms with Crippen molar-refractivity contribution in [3.63, 3.8) is 0 Å². The molecule has 1 aromatic carbocycles. The Hall–Kier alpha value is -2.71. The molecule has 0 aliphatic carbocycles. The van der Waals surface area contributed by atoms with Gasteiger partial charge in [-0.3, -0.25) is 4.79 Å². The summed E-state index contributed by atoms with van der Waals surface area (Å²) in [6.07, 6.45) is 3.46. The predicted octanol–water partition coefficient (Wildman–Crippen LogP) is 2.97. The van der Waals surface area contributed by atoms with Crippen molar-refractivity contribution < 1.29 is 13.2 Å². The number of amides is 1. The third-order valence-electron chi connectivity index (χ3n) is 3.69. The molecule has 8 heteroatoms. The molecule has 7 nitrogen and oxygen atoms in total. The molecule has 0 bridgehead atoms. The maximum Gasteiger partial charge on any atom is 0.275 e. The van der Waals surface area contributed by atoms with Crippen LogP contribution in [0, 0.1) is 6.92 Å². The highest BCUT2D eigenvalue weighted by atomic mass is 32.2. The van der Waals surface area contributed by atoms with E-state index in [9.17, 15) is 13.2 Å². The highest BCUT2D eigenvalue weighted by Gasteiger charge is 2.22. The summed E-state index contributed by atoms with van der Waals surface area (Å²) in [5.74, 6) is -0.408. The molecule has 0 saturated heterocycles. The number of aromatic nitrogens is 2. The highest BCUT2D eigenvalue weighted by molar-refractivity contribution is 7.89. The Bertz CT molecular complexity index is 1110. The van der Waals surface area contributed by atoms with Gasteiger partial charge in [0.2, 0.25) is 10.0 Å². The molecule has 2 N–H and O–H groups in total. The van der Waals surface area contributed by atoms with Crippen molar-refractivity contribution in [3.8, 4) is 0 Å². The first-order chi connectivity index (χ1) is 12.5. The molecule has 27 heavy (non-hydrogen) atoms. The summed E-state index contributed by atoms with van der Waals surface area (Å²) in [6, 6.07) is 9.92. The number of rotatable bonds is 4. The number of sulfonamides is 1. The average Bonchev–Trinajstić information content (AvgIpc) is 2.96. The second-order valence-electron chi connectivity index (χ2n) is 7.43. The summed E-state index contributed by atoms with van der Waals surface area (Å²) in [5.41, 5.74) is 1.74. The van der Waals surface area contributed by atoms with Gasteiger partial charge in [-0.05, 0) is 63.6 Å². The molecule has 0 radical (unpaired) electrons. The number of hydrogen-bond donors (Lipinski definition) is 2. The van der Waals surface area contributed by atoms with Gasteiger partial charge in [0.15, 0.2) is 0 Å². The van der Waals surface area contributed by atoms with E-state index in [-0.39, 0.29) is 10.6 Å². The number of imidazole rings is 1. The van der Waals surface area contributed by atoms with Crippen LogP contribution in [0.15, 0.2) is 53.7 Å². The summed E-state index contributed by atoms with van der Waals surface area (Å²) in [5, 5.41) is 2.70. The number of anilines is 1. The Labute approximate surface area is 158 Å². The second kappa shape index (κ2) is 6.79. The smallest absolute Gasteiger partial charge is 0.275 e. The SMILES string of the molecule is Cc1ccn2cc(C(=O)Nc3cccc(S(=O)(=O)NC(C)(C)C)c3)nc2c1. The van der Waals surface area contributed by atoms with Crippen molar-refractivity contribution in [1.29, 1.82) is 0 Å². The lowest BCUT2D eigenvalue weighted by Gasteiger charge is -2.20. The summed E-state index contributed by atoms with van der Waals surface area (Å²) >= 11 is 0. The molecule has 0 saturated carbocycles. The summed E-state index contributed by atoms with van der Waals surface area (Å²) in [6.45, 7) is 7.25. The molecule has 3 aromatic rings. The van der Waals surface area contributed by atoms with Gasteiger partial charge < -0.3 is 9.72 Å². The fourth-order valence-corrected chi connectivity index (χ4v) is 4.06. The lowest BCUT2D eigenvalue weighted by molar-refractivity contribution is 0.102. The van der Waals surface area contributed by atoms with Crippen molar-refractivity contribution in [2.45, 2.75) is 38.1 Å². The topological polar surface area (TPSA) is 92.6 Å². The lowest BCUT2D eigenvalue weighted by Crippen LogP contribution is -2.40. The Morgan fingerprint density at radius 3 is 2.59 bits per heavy atom. The summed E-state index contributed by atoms with van der Waals surface area (Å²) < 4.78 is 29.3. The van der Waals surface area contributed by atoms with Gasteiger partial charge in [0, 0.05) is 23.6 Å². The maximum atomic E-state index is 12.5. The van der Waals surface area contributed by atoms with Crippen molar-refractivity contribution >= 4 is 27.3 Å². The summed E-state index contributed by atoms with van der Waals surface area (Å²) in [7, 11) is -3.69. The van der Waals surface area contributed by atoms with Crippen molar-refractivity contribution in [2.75, 3.05) is 5.32 Å². The van der Waals surface area contributed by atoms with Crippen LogP contribution < -0.4 is 10.0 Å². The van der Waals surface area contributed by atoms with E-state index < -0.39 is 21.5 Å². The predicted molar refractivity (Wildman–Crippen MR) is 104 cm³/mol. The molecule has 0 spiro atoms. The number of nitrogens with zero attached hydrogens (tertiary/aromatic N) is 2. The fourth-order valence-electron chi connectivity index (χ4n) is 2.59. The Morgan fingerprint density at radius 1 is 1.15 bits per heavy atom. The molecule has 2 heterocycles. The molecule has 0 unspecified atom stereocenters. The molecule has 0 aliphatic heterocycles. The van der Waals surface area contributed by atoms with Gasteiger partial charge in [-0.1, -0.05) is 6.07 Å². The number of fused-ring (bicyclic) bond motifs is 1. The van der Waals surface area contributed by atoms with Gasteiger partial charge in [-0.25, -0.2) is 18.1 Å². The van der Waals surface area contributed by atoms with Gasteiger partial charge in [-0.15, -0.1) is 0 Å². The lowest BCUT2D eigenvalue weighted by atomic mass is 10.1. The minimum Gasteiger partial charge on any atom is -0.321 e. The fraction of sp³-hybridized carbons (Fsp3) is 0.263. The summed E-state index contributed by atoms with van der Waals surface area (Å²) in [4.78, 5) is 16.9. The van der Waals surface area contributed by atoms with E-state index in [1.165, 1.54) is 12.1 Å². The van der Waals surface area contributed by atoms with Gasteiger partial charge >= 0.3 is 0 Å². The Balaban J connectivity index is 1.84. The van der Waals surface area contributed by atoms with Crippen LogP contribution in [-0.2, 0) is 10.0 Å². The van der Waals surface area contributed by atoms with E-state index in [0.717, 1.165) is 5.56 Å². The first kappa shape index (κ1) is 19.1. The maximum absolute atomic E-state index is 12.5. The third kappa shape index (κ3) is 4.53.